The topological polar surface area (TPSA) is 52.6 Å². The van der Waals surface area contributed by atoms with Crippen molar-refractivity contribution in [3.05, 3.63) is 97.3 Å². The zero-order valence-corrected chi connectivity index (χ0v) is 22.8. The SMILES string of the molecule is O=C1CCCC2=C1C(c1cc(Br)c(OCc3cccc4ccccc34)c(Br)c1)C1=C(CCCC1=O)O2. The van der Waals surface area contributed by atoms with Gasteiger partial charge in [-0.3, -0.25) is 9.59 Å². The Kier molecular flexibility index (Phi) is 6.34. The molecule has 182 valence electrons. The van der Waals surface area contributed by atoms with Crippen LogP contribution >= 0.6 is 31.9 Å². The zero-order chi connectivity index (χ0) is 24.8. The molecule has 0 fully saturated rings. The van der Waals surface area contributed by atoms with Crippen molar-refractivity contribution in [1.29, 1.82) is 0 Å². The van der Waals surface area contributed by atoms with E-state index in [1.807, 2.05) is 30.3 Å². The predicted octanol–water partition coefficient (Wildman–Crippen LogP) is 8.07. The highest BCUT2D eigenvalue weighted by Crippen LogP contribution is 2.49. The number of fused-ring (bicyclic) bond motifs is 1. The van der Waals surface area contributed by atoms with E-state index >= 15 is 0 Å². The number of benzene rings is 3. The first-order valence-corrected chi connectivity index (χ1v) is 13.9. The van der Waals surface area contributed by atoms with Gasteiger partial charge in [-0.15, -0.1) is 0 Å². The second kappa shape index (κ2) is 9.64. The van der Waals surface area contributed by atoms with Crippen LogP contribution in [0.3, 0.4) is 0 Å². The van der Waals surface area contributed by atoms with Crippen LogP contribution in [-0.4, -0.2) is 11.6 Å². The van der Waals surface area contributed by atoms with Crippen LogP contribution in [0.25, 0.3) is 10.8 Å². The van der Waals surface area contributed by atoms with Crippen LogP contribution in [0.15, 0.2) is 86.2 Å². The van der Waals surface area contributed by atoms with Crippen LogP contribution < -0.4 is 4.74 Å². The Morgan fingerprint density at radius 2 is 1.42 bits per heavy atom. The molecular formula is C30H24Br2O4. The van der Waals surface area contributed by atoms with Crippen molar-refractivity contribution in [3.8, 4) is 5.75 Å². The van der Waals surface area contributed by atoms with Gasteiger partial charge in [-0.1, -0.05) is 42.5 Å². The summed E-state index contributed by atoms with van der Waals surface area (Å²) in [5.74, 6) is 1.93. The minimum Gasteiger partial charge on any atom is -0.487 e. The van der Waals surface area contributed by atoms with E-state index in [2.05, 4.69) is 56.1 Å². The number of rotatable bonds is 4. The lowest BCUT2D eigenvalue weighted by atomic mass is 9.73. The molecule has 0 radical (unpaired) electrons. The fraction of sp³-hybridized carbons (Fsp3) is 0.267. The molecule has 0 unspecified atom stereocenters. The minimum absolute atomic E-state index is 0.0784. The Hall–Kier alpha value is -2.70. The van der Waals surface area contributed by atoms with Crippen molar-refractivity contribution < 1.29 is 19.1 Å². The number of carbonyl (C=O) groups is 2. The maximum absolute atomic E-state index is 13.1. The predicted molar refractivity (Wildman–Crippen MR) is 146 cm³/mol. The second-order valence-corrected chi connectivity index (χ2v) is 11.2. The number of halogens is 2. The lowest BCUT2D eigenvalue weighted by Crippen LogP contribution is -2.30. The van der Waals surface area contributed by atoms with Gasteiger partial charge in [0.2, 0.25) is 0 Å². The monoisotopic (exact) mass is 606 g/mol. The third-order valence-corrected chi connectivity index (χ3v) is 8.42. The van der Waals surface area contributed by atoms with E-state index in [1.165, 1.54) is 5.39 Å². The van der Waals surface area contributed by atoms with E-state index in [0.717, 1.165) is 62.7 Å². The summed E-state index contributed by atoms with van der Waals surface area (Å²) < 4.78 is 14.0. The van der Waals surface area contributed by atoms with E-state index in [-0.39, 0.29) is 11.6 Å². The van der Waals surface area contributed by atoms with Crippen LogP contribution in [0.4, 0.5) is 0 Å². The zero-order valence-electron chi connectivity index (χ0n) is 19.6. The van der Waals surface area contributed by atoms with Gasteiger partial charge in [0.1, 0.15) is 23.9 Å². The molecule has 0 spiro atoms. The Morgan fingerprint density at radius 1 is 0.806 bits per heavy atom. The molecule has 0 atom stereocenters. The number of hydrogen-bond donors (Lipinski definition) is 0. The summed E-state index contributed by atoms with van der Waals surface area (Å²) in [5.41, 5.74) is 3.29. The van der Waals surface area contributed by atoms with Gasteiger partial charge in [0.05, 0.1) is 8.95 Å². The first-order chi connectivity index (χ1) is 17.5. The van der Waals surface area contributed by atoms with Gasteiger partial charge >= 0.3 is 0 Å². The molecule has 6 heteroatoms. The van der Waals surface area contributed by atoms with Gasteiger partial charge in [0.15, 0.2) is 11.6 Å². The average Bonchev–Trinajstić information content (AvgIpc) is 2.87. The van der Waals surface area contributed by atoms with Crippen molar-refractivity contribution in [2.75, 3.05) is 0 Å². The first-order valence-electron chi connectivity index (χ1n) is 12.3. The Balaban J connectivity index is 1.37. The van der Waals surface area contributed by atoms with E-state index in [9.17, 15) is 9.59 Å². The Bertz CT molecular complexity index is 1410. The molecule has 2 aliphatic carbocycles. The normalized spacial score (nSPS) is 18.3. The maximum Gasteiger partial charge on any atom is 0.163 e. The van der Waals surface area contributed by atoms with Gasteiger partial charge in [0.25, 0.3) is 0 Å². The Morgan fingerprint density at radius 3 is 2.08 bits per heavy atom. The summed E-state index contributed by atoms with van der Waals surface area (Å²) >= 11 is 7.41. The van der Waals surface area contributed by atoms with Crippen LogP contribution in [-0.2, 0) is 20.9 Å². The number of allylic oxidation sites excluding steroid dienone is 4. The molecule has 3 aromatic carbocycles. The molecule has 0 saturated carbocycles. The fourth-order valence-corrected chi connectivity index (χ4v) is 7.05. The third kappa shape index (κ3) is 4.14. The van der Waals surface area contributed by atoms with E-state index in [4.69, 9.17) is 9.47 Å². The number of ether oxygens (including phenoxy) is 2. The molecule has 0 amide bonds. The van der Waals surface area contributed by atoms with Crippen molar-refractivity contribution >= 4 is 54.2 Å². The Labute approximate surface area is 226 Å². The second-order valence-electron chi connectivity index (χ2n) is 9.50. The van der Waals surface area contributed by atoms with Crippen molar-refractivity contribution in [1.82, 2.24) is 0 Å². The molecule has 0 aromatic heterocycles. The highest BCUT2D eigenvalue weighted by atomic mass is 79.9. The van der Waals surface area contributed by atoms with Crippen LogP contribution in [0.5, 0.6) is 5.75 Å². The largest absolute Gasteiger partial charge is 0.487 e. The number of ketones is 2. The highest BCUT2D eigenvalue weighted by Gasteiger charge is 2.42. The maximum atomic E-state index is 13.1. The van der Waals surface area contributed by atoms with Gasteiger partial charge in [-0.2, -0.15) is 0 Å². The molecule has 1 heterocycles. The molecule has 6 rings (SSSR count). The minimum atomic E-state index is -0.399. The lowest BCUT2D eigenvalue weighted by Gasteiger charge is -2.36. The van der Waals surface area contributed by atoms with Gasteiger partial charge in [0, 0.05) is 42.7 Å². The molecule has 4 nitrogen and oxygen atoms in total. The summed E-state index contributed by atoms with van der Waals surface area (Å²) in [7, 11) is 0. The molecule has 3 aromatic rings. The summed E-state index contributed by atoms with van der Waals surface area (Å²) in [6, 6.07) is 18.4. The standard InChI is InChI=1S/C30H24Br2O4/c31-21-14-19(15-22(32)30(21)35-16-18-8-3-7-17-6-1-2-9-20(17)18)27-28-23(33)10-4-12-25(28)36-26-13-5-11-24(34)29(26)27/h1-3,6-9,14-15,27H,4-5,10-13,16H2. The van der Waals surface area contributed by atoms with Crippen molar-refractivity contribution in [2.45, 2.75) is 51.0 Å². The lowest BCUT2D eigenvalue weighted by molar-refractivity contribution is -0.117. The summed E-state index contributed by atoms with van der Waals surface area (Å²) in [4.78, 5) is 26.2. The summed E-state index contributed by atoms with van der Waals surface area (Å²) in [6.45, 7) is 0.413. The molecule has 3 aliphatic rings. The first kappa shape index (κ1) is 23.7. The van der Waals surface area contributed by atoms with E-state index in [0.29, 0.717) is 36.3 Å². The quantitative estimate of drug-likeness (QED) is 0.301. The van der Waals surface area contributed by atoms with Crippen molar-refractivity contribution in [3.63, 3.8) is 0 Å². The van der Waals surface area contributed by atoms with Crippen LogP contribution in [0.2, 0.25) is 0 Å². The van der Waals surface area contributed by atoms with Crippen LogP contribution in [0.1, 0.15) is 55.6 Å². The van der Waals surface area contributed by atoms with E-state index < -0.39 is 5.92 Å². The van der Waals surface area contributed by atoms with Gasteiger partial charge < -0.3 is 9.47 Å². The average molecular weight is 608 g/mol. The van der Waals surface area contributed by atoms with Crippen molar-refractivity contribution in [2.24, 2.45) is 0 Å². The number of Topliss-reactive ketones (excluding diaryl/α,β-unsaturated/α-hetero) is 2. The van der Waals surface area contributed by atoms with Gasteiger partial charge in [-0.25, -0.2) is 0 Å². The highest BCUT2D eigenvalue weighted by molar-refractivity contribution is 9.11. The summed E-state index contributed by atoms with van der Waals surface area (Å²) in [6.07, 6.45) is 4.02. The smallest absolute Gasteiger partial charge is 0.163 e. The van der Waals surface area contributed by atoms with E-state index in [1.54, 1.807) is 0 Å². The number of carbonyl (C=O) groups excluding carboxylic acids is 2. The molecule has 36 heavy (non-hydrogen) atoms. The summed E-state index contributed by atoms with van der Waals surface area (Å²) in [5, 5.41) is 2.34. The molecule has 0 saturated heterocycles. The molecule has 0 N–H and O–H groups in total. The molecule has 1 aliphatic heterocycles. The molecular weight excluding hydrogens is 584 g/mol. The van der Waals surface area contributed by atoms with Crippen LogP contribution in [0, 0.1) is 0 Å². The fourth-order valence-electron chi connectivity index (χ4n) is 5.60. The third-order valence-electron chi connectivity index (χ3n) is 7.25. The molecule has 0 bridgehead atoms. The number of hydrogen-bond acceptors (Lipinski definition) is 4. The van der Waals surface area contributed by atoms with Gasteiger partial charge in [-0.05, 0) is 78.7 Å².